The Kier molecular flexibility index (Phi) is 6.52. The SMILES string of the molecule is Cc1ccc(S(=O)(=O)N2CCN(C(=O)COC(=O)c3ccc(F)cc3)CC2)c(C)c1. The molecule has 9 heteroatoms. The van der Waals surface area contributed by atoms with Gasteiger partial charge in [-0.3, -0.25) is 4.79 Å². The lowest BCUT2D eigenvalue weighted by Gasteiger charge is -2.34. The van der Waals surface area contributed by atoms with Crippen LogP contribution in [-0.2, 0) is 19.6 Å². The summed E-state index contributed by atoms with van der Waals surface area (Å²) in [6.07, 6.45) is 0. The number of sulfonamides is 1. The van der Waals surface area contributed by atoms with Gasteiger partial charge in [0, 0.05) is 26.2 Å². The van der Waals surface area contributed by atoms with Crippen LogP contribution in [0.2, 0.25) is 0 Å². The minimum atomic E-state index is -3.64. The number of hydrogen-bond acceptors (Lipinski definition) is 5. The van der Waals surface area contributed by atoms with Crippen molar-refractivity contribution in [2.24, 2.45) is 0 Å². The van der Waals surface area contributed by atoms with Crippen LogP contribution in [0.5, 0.6) is 0 Å². The van der Waals surface area contributed by atoms with Gasteiger partial charge in [0.2, 0.25) is 10.0 Å². The zero-order valence-corrected chi connectivity index (χ0v) is 17.6. The molecule has 0 aromatic heterocycles. The predicted molar refractivity (Wildman–Crippen MR) is 108 cm³/mol. The van der Waals surface area contributed by atoms with E-state index in [2.05, 4.69) is 0 Å². The molecule has 2 aromatic carbocycles. The minimum Gasteiger partial charge on any atom is -0.452 e. The van der Waals surface area contributed by atoms with Gasteiger partial charge < -0.3 is 9.64 Å². The van der Waals surface area contributed by atoms with E-state index in [1.165, 1.54) is 21.3 Å². The van der Waals surface area contributed by atoms with Gasteiger partial charge in [-0.2, -0.15) is 4.31 Å². The number of aryl methyl sites for hydroxylation is 2. The number of ether oxygens (including phenoxy) is 1. The summed E-state index contributed by atoms with van der Waals surface area (Å²) in [5.74, 6) is -1.61. The summed E-state index contributed by atoms with van der Waals surface area (Å²) in [4.78, 5) is 26.0. The van der Waals surface area contributed by atoms with Gasteiger partial charge in [0.25, 0.3) is 5.91 Å². The zero-order chi connectivity index (χ0) is 21.9. The predicted octanol–water partition coefficient (Wildman–Crippen LogP) is 2.13. The number of nitrogens with zero attached hydrogens (tertiary/aromatic N) is 2. The maximum atomic E-state index is 12.9. The fourth-order valence-electron chi connectivity index (χ4n) is 3.29. The number of carbonyl (C=O) groups excluding carboxylic acids is 2. The molecule has 0 atom stereocenters. The molecule has 0 saturated carbocycles. The molecule has 1 fully saturated rings. The molecule has 2 aromatic rings. The van der Waals surface area contributed by atoms with Crippen molar-refractivity contribution in [2.75, 3.05) is 32.8 Å². The van der Waals surface area contributed by atoms with E-state index >= 15 is 0 Å². The number of halogens is 1. The fourth-order valence-corrected chi connectivity index (χ4v) is 4.92. The normalized spacial score (nSPS) is 15.1. The van der Waals surface area contributed by atoms with Crippen LogP contribution in [0.4, 0.5) is 4.39 Å². The van der Waals surface area contributed by atoms with E-state index in [-0.39, 0.29) is 36.6 Å². The molecule has 7 nitrogen and oxygen atoms in total. The monoisotopic (exact) mass is 434 g/mol. The second-order valence-corrected chi connectivity index (χ2v) is 9.04. The summed E-state index contributed by atoms with van der Waals surface area (Å²) in [7, 11) is -3.64. The number of hydrogen-bond donors (Lipinski definition) is 0. The summed E-state index contributed by atoms with van der Waals surface area (Å²) < 4.78 is 45.1. The number of benzene rings is 2. The Morgan fingerprint density at radius 1 is 1.00 bits per heavy atom. The van der Waals surface area contributed by atoms with E-state index in [0.29, 0.717) is 5.56 Å². The van der Waals surface area contributed by atoms with Gasteiger partial charge in [0.1, 0.15) is 5.82 Å². The Hall–Kier alpha value is -2.78. The van der Waals surface area contributed by atoms with Gasteiger partial charge in [-0.1, -0.05) is 17.7 Å². The van der Waals surface area contributed by atoms with Crippen molar-refractivity contribution < 1.29 is 27.1 Å². The molecule has 1 heterocycles. The summed E-state index contributed by atoms with van der Waals surface area (Å²) in [6.45, 7) is 3.93. The third-order valence-electron chi connectivity index (χ3n) is 4.95. The number of piperazine rings is 1. The van der Waals surface area contributed by atoms with E-state index in [1.54, 1.807) is 19.1 Å². The first kappa shape index (κ1) is 21.9. The van der Waals surface area contributed by atoms with Crippen molar-refractivity contribution in [1.29, 1.82) is 0 Å². The molecule has 3 rings (SSSR count). The number of carbonyl (C=O) groups is 2. The van der Waals surface area contributed by atoms with E-state index in [0.717, 1.165) is 17.7 Å². The highest BCUT2D eigenvalue weighted by molar-refractivity contribution is 7.89. The first-order valence-electron chi connectivity index (χ1n) is 9.46. The average molecular weight is 434 g/mol. The number of rotatable bonds is 5. The summed E-state index contributed by atoms with van der Waals surface area (Å²) in [5, 5.41) is 0. The molecular formula is C21H23FN2O5S. The van der Waals surface area contributed by atoms with Gasteiger partial charge in [0.15, 0.2) is 6.61 Å². The van der Waals surface area contributed by atoms with E-state index < -0.39 is 34.3 Å². The molecule has 1 amide bonds. The quantitative estimate of drug-likeness (QED) is 0.674. The number of esters is 1. The van der Waals surface area contributed by atoms with Crippen molar-refractivity contribution in [3.8, 4) is 0 Å². The third-order valence-corrected chi connectivity index (χ3v) is 7.01. The van der Waals surface area contributed by atoms with Gasteiger partial charge in [-0.15, -0.1) is 0 Å². The average Bonchev–Trinajstić information content (AvgIpc) is 2.72. The van der Waals surface area contributed by atoms with Crippen molar-refractivity contribution in [2.45, 2.75) is 18.7 Å². The van der Waals surface area contributed by atoms with Gasteiger partial charge in [0.05, 0.1) is 10.5 Å². The van der Waals surface area contributed by atoms with Crippen LogP contribution in [0.25, 0.3) is 0 Å². The fraction of sp³-hybridized carbons (Fsp3) is 0.333. The second kappa shape index (κ2) is 8.93. The van der Waals surface area contributed by atoms with Crippen molar-refractivity contribution >= 4 is 21.9 Å². The molecule has 0 N–H and O–H groups in total. The molecule has 160 valence electrons. The maximum Gasteiger partial charge on any atom is 0.338 e. The molecule has 30 heavy (non-hydrogen) atoms. The van der Waals surface area contributed by atoms with Crippen molar-refractivity contribution in [3.05, 3.63) is 65.0 Å². The van der Waals surface area contributed by atoms with Gasteiger partial charge >= 0.3 is 5.97 Å². The molecule has 0 spiro atoms. The van der Waals surface area contributed by atoms with Crippen molar-refractivity contribution in [3.63, 3.8) is 0 Å². The highest BCUT2D eigenvalue weighted by Crippen LogP contribution is 2.22. The Morgan fingerprint density at radius 2 is 1.63 bits per heavy atom. The summed E-state index contributed by atoms with van der Waals surface area (Å²) in [5.41, 5.74) is 1.81. The molecule has 1 aliphatic heterocycles. The van der Waals surface area contributed by atoms with Crippen LogP contribution in [0.1, 0.15) is 21.5 Å². The van der Waals surface area contributed by atoms with Crippen LogP contribution in [0.3, 0.4) is 0 Å². The number of amides is 1. The highest BCUT2D eigenvalue weighted by Gasteiger charge is 2.31. The van der Waals surface area contributed by atoms with Crippen LogP contribution >= 0.6 is 0 Å². The molecular weight excluding hydrogens is 411 g/mol. The van der Waals surface area contributed by atoms with Gasteiger partial charge in [-0.25, -0.2) is 17.6 Å². The lowest BCUT2D eigenvalue weighted by Crippen LogP contribution is -2.51. The topological polar surface area (TPSA) is 84.0 Å². The Bertz CT molecular complexity index is 1050. The maximum absolute atomic E-state index is 12.9. The molecule has 1 saturated heterocycles. The van der Waals surface area contributed by atoms with Crippen molar-refractivity contribution in [1.82, 2.24) is 9.21 Å². The highest BCUT2D eigenvalue weighted by atomic mass is 32.2. The van der Waals surface area contributed by atoms with Crippen LogP contribution in [-0.4, -0.2) is 62.3 Å². The zero-order valence-electron chi connectivity index (χ0n) is 16.8. The molecule has 0 bridgehead atoms. The first-order chi connectivity index (χ1) is 14.2. The molecule has 0 unspecified atom stereocenters. The Morgan fingerprint density at radius 3 is 2.23 bits per heavy atom. The van der Waals surface area contributed by atoms with E-state index in [4.69, 9.17) is 4.74 Å². The minimum absolute atomic E-state index is 0.147. The van der Waals surface area contributed by atoms with E-state index in [1.807, 2.05) is 13.0 Å². The third kappa shape index (κ3) is 4.85. The summed E-state index contributed by atoms with van der Waals surface area (Å²) in [6, 6.07) is 10.0. The van der Waals surface area contributed by atoms with Gasteiger partial charge in [-0.05, 0) is 49.7 Å². The van der Waals surface area contributed by atoms with Crippen LogP contribution in [0.15, 0.2) is 47.4 Å². The van der Waals surface area contributed by atoms with Crippen LogP contribution in [0, 0.1) is 19.7 Å². The van der Waals surface area contributed by atoms with Crippen LogP contribution < -0.4 is 0 Å². The standard InChI is InChI=1S/C21H23FN2O5S/c1-15-3-8-19(16(2)13-15)30(27,28)24-11-9-23(10-12-24)20(25)14-29-21(26)17-4-6-18(22)7-5-17/h3-8,13H,9-12,14H2,1-2H3. The smallest absolute Gasteiger partial charge is 0.338 e. The Labute approximate surface area is 175 Å². The second-order valence-electron chi connectivity index (χ2n) is 7.14. The first-order valence-corrected chi connectivity index (χ1v) is 10.9. The Balaban J connectivity index is 1.55. The largest absolute Gasteiger partial charge is 0.452 e. The summed E-state index contributed by atoms with van der Waals surface area (Å²) >= 11 is 0. The lowest BCUT2D eigenvalue weighted by molar-refractivity contribution is -0.135. The molecule has 0 aliphatic carbocycles. The molecule has 0 radical (unpaired) electrons. The van der Waals surface area contributed by atoms with E-state index in [9.17, 15) is 22.4 Å². The lowest BCUT2D eigenvalue weighted by atomic mass is 10.2. The molecule has 1 aliphatic rings.